The van der Waals surface area contributed by atoms with Gasteiger partial charge in [-0.05, 0) is 92.3 Å². The van der Waals surface area contributed by atoms with Crippen molar-refractivity contribution in [3.05, 3.63) is 130 Å². The number of amides is 2. The summed E-state index contributed by atoms with van der Waals surface area (Å²) in [5.41, 5.74) is 5.03. The molecule has 0 saturated heterocycles. The van der Waals surface area contributed by atoms with Crippen molar-refractivity contribution in [1.29, 1.82) is 0 Å². The number of nitrogens with one attached hydrogen (secondary N) is 1. The van der Waals surface area contributed by atoms with E-state index in [4.69, 9.17) is 11.6 Å². The molecule has 1 aliphatic rings. The molecule has 4 aromatic carbocycles. The molecule has 0 bridgehead atoms. The fourth-order valence-corrected chi connectivity index (χ4v) is 7.78. The molecule has 2 amide bonds. The van der Waals surface area contributed by atoms with Gasteiger partial charge in [0.15, 0.2) is 0 Å². The molecule has 0 radical (unpaired) electrons. The Bertz CT molecular complexity index is 1820. The summed E-state index contributed by atoms with van der Waals surface area (Å²) in [7, 11) is -4.21. The molecule has 0 aliphatic heterocycles. The first-order valence-corrected chi connectivity index (χ1v) is 18.4. The zero-order valence-corrected chi connectivity index (χ0v) is 29.4. The minimum Gasteiger partial charge on any atom is -0.352 e. The lowest BCUT2D eigenvalue weighted by atomic mass is 9.94. The molecule has 5 rings (SSSR count). The fraction of sp³-hybridized carbons (Fsp3) is 0.333. The predicted octanol–water partition coefficient (Wildman–Crippen LogP) is 7.55. The van der Waals surface area contributed by atoms with Crippen molar-refractivity contribution in [2.75, 3.05) is 10.8 Å². The Kier molecular flexibility index (Phi) is 11.6. The molecule has 7 nitrogen and oxygen atoms in total. The van der Waals surface area contributed by atoms with Gasteiger partial charge in [0.2, 0.25) is 11.8 Å². The highest BCUT2D eigenvalue weighted by Gasteiger charge is 2.35. The minimum atomic E-state index is -4.21. The molecule has 1 fully saturated rings. The first-order valence-electron chi connectivity index (χ1n) is 16.6. The summed E-state index contributed by atoms with van der Waals surface area (Å²) in [6, 6.07) is 27.9. The van der Waals surface area contributed by atoms with E-state index in [0.717, 1.165) is 64.2 Å². The topological polar surface area (TPSA) is 86.8 Å². The Labute approximate surface area is 290 Å². The van der Waals surface area contributed by atoms with Crippen LogP contribution < -0.4 is 9.62 Å². The van der Waals surface area contributed by atoms with Crippen LogP contribution >= 0.6 is 11.6 Å². The van der Waals surface area contributed by atoms with Crippen LogP contribution in [0.1, 0.15) is 59.9 Å². The number of carbonyl (C=O) groups is 2. The molecule has 1 saturated carbocycles. The highest BCUT2D eigenvalue weighted by atomic mass is 35.5. The molecule has 0 spiro atoms. The largest absolute Gasteiger partial charge is 0.352 e. The molecule has 4 aromatic rings. The molecular formula is C39H44ClN3O4S. The van der Waals surface area contributed by atoms with E-state index in [2.05, 4.69) is 5.32 Å². The van der Waals surface area contributed by atoms with Gasteiger partial charge in [-0.25, -0.2) is 8.42 Å². The van der Waals surface area contributed by atoms with E-state index < -0.39 is 28.5 Å². The Morgan fingerprint density at radius 2 is 1.50 bits per heavy atom. The lowest BCUT2D eigenvalue weighted by Gasteiger charge is -2.35. The van der Waals surface area contributed by atoms with Crippen LogP contribution in [0.25, 0.3) is 0 Å². The average Bonchev–Trinajstić information content (AvgIpc) is 3.07. The second kappa shape index (κ2) is 15.8. The standard InChI is InChI=1S/C39H44ClN3O4S/c1-28-11-10-14-32(23-28)26-42(37(25-31-12-6-4-7-13-31)39(45)41-34-15-8-5-9-16-34)38(44)27-43(35-20-17-29(2)30(3)24-35)48(46,47)36-21-18-33(40)19-22-36/h4,6-7,10-14,17-24,34,37H,5,8-9,15-16,25-27H2,1-3H3,(H,41,45). The number of aryl methyl sites for hydroxylation is 3. The molecule has 252 valence electrons. The van der Waals surface area contributed by atoms with Crippen molar-refractivity contribution in [1.82, 2.24) is 10.2 Å². The zero-order chi connectivity index (χ0) is 34.3. The zero-order valence-electron chi connectivity index (χ0n) is 27.9. The molecule has 1 atom stereocenters. The summed E-state index contributed by atoms with van der Waals surface area (Å²) < 4.78 is 29.7. The summed E-state index contributed by atoms with van der Waals surface area (Å²) in [6.45, 7) is 5.47. The van der Waals surface area contributed by atoms with Crippen molar-refractivity contribution in [2.24, 2.45) is 0 Å². The Hall–Kier alpha value is -4.14. The highest BCUT2D eigenvalue weighted by molar-refractivity contribution is 7.92. The van der Waals surface area contributed by atoms with Gasteiger partial charge in [0.05, 0.1) is 10.6 Å². The van der Waals surface area contributed by atoms with E-state index in [0.29, 0.717) is 10.7 Å². The number of nitrogens with zero attached hydrogens (tertiary/aromatic N) is 2. The van der Waals surface area contributed by atoms with Crippen molar-refractivity contribution in [2.45, 2.75) is 82.8 Å². The lowest BCUT2D eigenvalue weighted by molar-refractivity contribution is -0.140. The molecule has 48 heavy (non-hydrogen) atoms. The first-order chi connectivity index (χ1) is 23.0. The van der Waals surface area contributed by atoms with E-state index in [9.17, 15) is 18.0 Å². The number of benzene rings is 4. The van der Waals surface area contributed by atoms with Gasteiger partial charge < -0.3 is 10.2 Å². The third-order valence-electron chi connectivity index (χ3n) is 9.12. The van der Waals surface area contributed by atoms with Crippen molar-refractivity contribution in [3.63, 3.8) is 0 Å². The van der Waals surface area contributed by atoms with Crippen LogP contribution in [0.15, 0.2) is 102 Å². The average molecular weight is 686 g/mol. The highest BCUT2D eigenvalue weighted by Crippen LogP contribution is 2.28. The number of hydrogen-bond acceptors (Lipinski definition) is 4. The third-order valence-corrected chi connectivity index (χ3v) is 11.2. The van der Waals surface area contributed by atoms with E-state index in [1.807, 2.05) is 81.4 Å². The number of carbonyl (C=O) groups excluding carboxylic acids is 2. The molecule has 0 heterocycles. The number of sulfonamides is 1. The molecule has 0 aromatic heterocycles. The van der Waals surface area contributed by atoms with E-state index in [-0.39, 0.29) is 29.8 Å². The normalized spacial score (nSPS) is 14.2. The maximum atomic E-state index is 14.7. The van der Waals surface area contributed by atoms with Gasteiger partial charge in [0.25, 0.3) is 10.0 Å². The summed E-state index contributed by atoms with van der Waals surface area (Å²) in [6.07, 6.45) is 5.32. The van der Waals surface area contributed by atoms with Crippen LogP contribution in [0, 0.1) is 20.8 Å². The van der Waals surface area contributed by atoms with Crippen LogP contribution in [-0.4, -0.2) is 43.8 Å². The SMILES string of the molecule is Cc1cccc(CN(C(=O)CN(c2ccc(C)c(C)c2)S(=O)(=O)c2ccc(Cl)cc2)C(Cc2ccccc2)C(=O)NC2CCCCC2)c1. The minimum absolute atomic E-state index is 0.0130. The second-order valence-electron chi connectivity index (χ2n) is 12.8. The summed E-state index contributed by atoms with van der Waals surface area (Å²) >= 11 is 6.10. The lowest BCUT2D eigenvalue weighted by Crippen LogP contribution is -2.55. The van der Waals surface area contributed by atoms with Gasteiger partial charge in [0.1, 0.15) is 12.6 Å². The molecular weight excluding hydrogens is 642 g/mol. The van der Waals surface area contributed by atoms with Gasteiger partial charge in [-0.15, -0.1) is 0 Å². The maximum Gasteiger partial charge on any atom is 0.264 e. The summed E-state index contributed by atoms with van der Waals surface area (Å²) in [5.74, 6) is -0.711. The number of halogens is 1. The van der Waals surface area contributed by atoms with Crippen LogP contribution in [-0.2, 0) is 32.6 Å². The third kappa shape index (κ3) is 8.85. The number of anilines is 1. The first kappa shape index (κ1) is 35.2. The monoisotopic (exact) mass is 685 g/mol. The maximum absolute atomic E-state index is 14.7. The van der Waals surface area contributed by atoms with Gasteiger partial charge in [-0.1, -0.05) is 97.1 Å². The van der Waals surface area contributed by atoms with Crippen LogP contribution in [0.2, 0.25) is 5.02 Å². The molecule has 1 N–H and O–H groups in total. The van der Waals surface area contributed by atoms with Crippen LogP contribution in [0.3, 0.4) is 0 Å². The van der Waals surface area contributed by atoms with Gasteiger partial charge in [-0.3, -0.25) is 13.9 Å². The second-order valence-corrected chi connectivity index (χ2v) is 15.1. The van der Waals surface area contributed by atoms with Crippen LogP contribution in [0.5, 0.6) is 0 Å². The van der Waals surface area contributed by atoms with Gasteiger partial charge in [-0.2, -0.15) is 0 Å². The van der Waals surface area contributed by atoms with Crippen molar-refractivity contribution >= 4 is 39.1 Å². The quantitative estimate of drug-likeness (QED) is 0.167. The number of rotatable bonds is 12. The van der Waals surface area contributed by atoms with Crippen molar-refractivity contribution in [3.8, 4) is 0 Å². The van der Waals surface area contributed by atoms with E-state index in [1.165, 1.54) is 24.3 Å². The predicted molar refractivity (Wildman–Crippen MR) is 193 cm³/mol. The summed E-state index contributed by atoms with van der Waals surface area (Å²) in [4.78, 5) is 30.6. The number of hydrogen-bond donors (Lipinski definition) is 1. The molecule has 1 unspecified atom stereocenters. The van der Waals surface area contributed by atoms with Crippen LogP contribution in [0.4, 0.5) is 5.69 Å². The fourth-order valence-electron chi connectivity index (χ4n) is 6.25. The van der Waals surface area contributed by atoms with Crippen molar-refractivity contribution < 1.29 is 18.0 Å². The molecule has 9 heteroatoms. The Balaban J connectivity index is 1.58. The summed E-state index contributed by atoms with van der Waals surface area (Å²) in [5, 5.41) is 3.66. The van der Waals surface area contributed by atoms with Gasteiger partial charge in [0, 0.05) is 24.0 Å². The Morgan fingerprint density at radius 1 is 0.812 bits per heavy atom. The van der Waals surface area contributed by atoms with E-state index >= 15 is 0 Å². The smallest absolute Gasteiger partial charge is 0.264 e. The molecule has 1 aliphatic carbocycles. The van der Waals surface area contributed by atoms with E-state index in [1.54, 1.807) is 17.0 Å². The van der Waals surface area contributed by atoms with Gasteiger partial charge >= 0.3 is 0 Å². The Morgan fingerprint density at radius 3 is 2.17 bits per heavy atom.